The molecule has 126 valence electrons. The van der Waals surface area contributed by atoms with Crippen molar-refractivity contribution in [3.63, 3.8) is 0 Å². The number of para-hydroxylation sites is 1. The maximum atomic E-state index is 12.0. The van der Waals surface area contributed by atoms with Gasteiger partial charge in [-0.25, -0.2) is 4.98 Å². The first kappa shape index (κ1) is 15.5. The Labute approximate surface area is 146 Å². The van der Waals surface area contributed by atoms with Gasteiger partial charge in [0.05, 0.1) is 10.2 Å². The van der Waals surface area contributed by atoms with Crippen LogP contribution in [0.15, 0.2) is 48.5 Å². The lowest BCUT2D eigenvalue weighted by Gasteiger charge is -2.04. The van der Waals surface area contributed by atoms with Crippen LogP contribution in [0.1, 0.15) is 6.42 Å². The van der Waals surface area contributed by atoms with Crippen LogP contribution in [0.5, 0.6) is 11.5 Å². The van der Waals surface area contributed by atoms with Crippen molar-refractivity contribution in [3.8, 4) is 11.5 Å². The van der Waals surface area contributed by atoms with E-state index in [-0.39, 0.29) is 5.91 Å². The Morgan fingerprint density at radius 2 is 2.04 bits per heavy atom. The molecular formula is C17H13N3O4S. The van der Waals surface area contributed by atoms with Crippen molar-refractivity contribution >= 4 is 32.6 Å². The number of anilines is 1. The smallest absolute Gasteiger partial charge is 0.236 e. The molecule has 1 amide bonds. The highest BCUT2D eigenvalue weighted by Crippen LogP contribution is 2.36. The van der Waals surface area contributed by atoms with Crippen LogP contribution in [0.4, 0.5) is 5.13 Å². The van der Waals surface area contributed by atoms with Gasteiger partial charge in [-0.2, -0.15) is 0 Å². The Bertz CT molecular complexity index is 957. The van der Waals surface area contributed by atoms with Gasteiger partial charge in [-0.3, -0.25) is 14.9 Å². The number of benzene rings is 2. The first-order valence-electron chi connectivity index (χ1n) is 7.68. The van der Waals surface area contributed by atoms with Crippen LogP contribution in [0.2, 0.25) is 0 Å². The Morgan fingerprint density at radius 3 is 2.76 bits per heavy atom. The fraction of sp³-hybridized carbons (Fsp3) is 0.176. The first-order chi connectivity index (χ1) is 12.1. The summed E-state index contributed by atoms with van der Waals surface area (Å²) in [5.74, 6) is 0.510. The number of ether oxygens (including phenoxy) is 1. The maximum Gasteiger partial charge on any atom is 0.236 e. The quantitative estimate of drug-likeness (QED) is 0.556. The minimum Gasteiger partial charge on any atom is -0.457 e. The zero-order valence-corrected chi connectivity index (χ0v) is 13.7. The summed E-state index contributed by atoms with van der Waals surface area (Å²) in [7, 11) is 0. The molecule has 1 heterocycles. The normalized spacial score (nSPS) is 18.7. The van der Waals surface area contributed by atoms with Crippen molar-refractivity contribution in [2.75, 3.05) is 5.32 Å². The predicted octanol–water partition coefficient (Wildman–Crippen LogP) is 3.69. The lowest BCUT2D eigenvalue weighted by atomic mass is 10.3. The molecule has 0 bridgehead atoms. The molecule has 1 aromatic heterocycles. The lowest BCUT2D eigenvalue weighted by molar-refractivity contribution is -0.497. The van der Waals surface area contributed by atoms with Crippen LogP contribution in [-0.2, 0) is 4.79 Å². The van der Waals surface area contributed by atoms with E-state index < -0.39 is 16.9 Å². The van der Waals surface area contributed by atoms with E-state index in [1.165, 1.54) is 11.3 Å². The predicted molar refractivity (Wildman–Crippen MR) is 93.7 cm³/mol. The number of hydrogen-bond donors (Lipinski definition) is 1. The van der Waals surface area contributed by atoms with Gasteiger partial charge in [-0.05, 0) is 24.3 Å². The van der Waals surface area contributed by atoms with E-state index >= 15 is 0 Å². The number of aromatic nitrogens is 1. The highest BCUT2D eigenvalue weighted by atomic mass is 32.1. The van der Waals surface area contributed by atoms with Gasteiger partial charge in [0.25, 0.3) is 0 Å². The Hall–Kier alpha value is -3.00. The number of thiazole rings is 1. The SMILES string of the molecule is O=C(Nc1nc2ccc(Oc3ccccc3)cc2s1)[C@H]1C[C@H]1[N+](=O)[O-]. The number of carbonyl (C=O) groups excluding carboxylic acids is 1. The van der Waals surface area contributed by atoms with Crippen molar-refractivity contribution in [2.45, 2.75) is 12.5 Å². The monoisotopic (exact) mass is 355 g/mol. The molecule has 2 atom stereocenters. The van der Waals surface area contributed by atoms with Gasteiger partial charge >= 0.3 is 0 Å². The standard InChI is InChI=1S/C17H13N3O4S/c21-16(12-9-14(12)20(22)23)19-17-18-13-7-6-11(8-15(13)25-17)24-10-4-2-1-3-5-10/h1-8,12,14H,9H2,(H,18,19,21)/t12-,14+/m0/s1. The number of nitrogens with zero attached hydrogens (tertiary/aromatic N) is 2. The Morgan fingerprint density at radius 1 is 1.24 bits per heavy atom. The third kappa shape index (κ3) is 3.29. The molecule has 7 nitrogen and oxygen atoms in total. The molecule has 0 saturated heterocycles. The van der Waals surface area contributed by atoms with Gasteiger partial charge in [-0.1, -0.05) is 29.5 Å². The summed E-state index contributed by atoms with van der Waals surface area (Å²) in [5, 5.41) is 13.8. The molecule has 25 heavy (non-hydrogen) atoms. The molecule has 1 fully saturated rings. The third-order valence-corrected chi connectivity index (χ3v) is 4.87. The molecule has 0 spiro atoms. The summed E-state index contributed by atoms with van der Waals surface area (Å²) < 4.78 is 6.65. The van der Waals surface area contributed by atoms with Crippen molar-refractivity contribution in [3.05, 3.63) is 58.6 Å². The summed E-state index contributed by atoms with van der Waals surface area (Å²) in [6.45, 7) is 0. The Kier molecular flexibility index (Phi) is 3.81. The number of nitro groups is 1. The van der Waals surface area contributed by atoms with Gasteiger partial charge in [0.2, 0.25) is 11.9 Å². The maximum absolute atomic E-state index is 12.0. The largest absolute Gasteiger partial charge is 0.457 e. The number of amides is 1. The fourth-order valence-electron chi connectivity index (χ4n) is 2.54. The van der Waals surface area contributed by atoms with E-state index in [0.717, 1.165) is 16.0 Å². The van der Waals surface area contributed by atoms with Gasteiger partial charge in [0.15, 0.2) is 5.13 Å². The van der Waals surface area contributed by atoms with E-state index in [0.29, 0.717) is 17.3 Å². The third-order valence-electron chi connectivity index (χ3n) is 3.93. The summed E-state index contributed by atoms with van der Waals surface area (Å²) in [4.78, 5) is 26.6. The summed E-state index contributed by atoms with van der Waals surface area (Å²) >= 11 is 1.31. The zero-order chi connectivity index (χ0) is 17.4. The number of fused-ring (bicyclic) bond motifs is 1. The van der Waals surface area contributed by atoms with E-state index in [2.05, 4.69) is 10.3 Å². The molecule has 1 N–H and O–H groups in total. The van der Waals surface area contributed by atoms with Crippen molar-refractivity contribution in [1.29, 1.82) is 0 Å². The highest BCUT2D eigenvalue weighted by Gasteiger charge is 2.53. The fourth-order valence-corrected chi connectivity index (χ4v) is 3.44. The zero-order valence-electron chi connectivity index (χ0n) is 12.9. The van der Waals surface area contributed by atoms with Crippen LogP contribution in [-0.4, -0.2) is 21.9 Å². The van der Waals surface area contributed by atoms with E-state index in [4.69, 9.17) is 4.74 Å². The molecule has 0 unspecified atom stereocenters. The van der Waals surface area contributed by atoms with Crippen LogP contribution in [0.25, 0.3) is 10.2 Å². The molecule has 3 aromatic rings. The number of rotatable bonds is 5. The van der Waals surface area contributed by atoms with Crippen molar-refractivity contribution < 1.29 is 14.5 Å². The number of nitrogens with one attached hydrogen (secondary N) is 1. The molecule has 0 radical (unpaired) electrons. The van der Waals surface area contributed by atoms with E-state index in [1.807, 2.05) is 48.5 Å². The van der Waals surface area contributed by atoms with Crippen molar-refractivity contribution in [2.24, 2.45) is 5.92 Å². The molecule has 1 aliphatic carbocycles. The topological polar surface area (TPSA) is 94.4 Å². The highest BCUT2D eigenvalue weighted by molar-refractivity contribution is 7.22. The molecular weight excluding hydrogens is 342 g/mol. The van der Waals surface area contributed by atoms with E-state index in [9.17, 15) is 14.9 Å². The molecule has 2 aromatic carbocycles. The molecule has 1 aliphatic rings. The molecule has 1 saturated carbocycles. The minimum absolute atomic E-state index is 0.290. The summed E-state index contributed by atoms with van der Waals surface area (Å²) in [6.07, 6.45) is 0.290. The van der Waals surface area contributed by atoms with Crippen LogP contribution >= 0.6 is 11.3 Å². The first-order valence-corrected chi connectivity index (χ1v) is 8.49. The molecule has 4 rings (SSSR count). The van der Waals surface area contributed by atoms with Gasteiger partial charge in [0.1, 0.15) is 17.4 Å². The van der Waals surface area contributed by atoms with Crippen LogP contribution in [0, 0.1) is 16.0 Å². The minimum atomic E-state index is -0.764. The van der Waals surface area contributed by atoms with Crippen molar-refractivity contribution in [1.82, 2.24) is 4.98 Å². The number of hydrogen-bond acceptors (Lipinski definition) is 6. The van der Waals surface area contributed by atoms with Crippen LogP contribution in [0.3, 0.4) is 0 Å². The molecule has 0 aliphatic heterocycles. The summed E-state index contributed by atoms with van der Waals surface area (Å²) in [6, 6.07) is 14.1. The average molecular weight is 355 g/mol. The van der Waals surface area contributed by atoms with E-state index in [1.54, 1.807) is 0 Å². The summed E-state index contributed by atoms with van der Waals surface area (Å²) in [5.41, 5.74) is 0.738. The number of carbonyl (C=O) groups is 1. The lowest BCUT2D eigenvalue weighted by Crippen LogP contribution is -2.18. The second kappa shape index (κ2) is 6.14. The van der Waals surface area contributed by atoms with Gasteiger partial charge in [0, 0.05) is 17.4 Å². The van der Waals surface area contributed by atoms with Gasteiger partial charge < -0.3 is 10.1 Å². The average Bonchev–Trinajstić information content (AvgIpc) is 3.31. The Balaban J connectivity index is 1.49. The molecule has 8 heteroatoms. The van der Waals surface area contributed by atoms with Crippen LogP contribution < -0.4 is 10.1 Å². The second-order valence-electron chi connectivity index (χ2n) is 5.75. The second-order valence-corrected chi connectivity index (χ2v) is 6.78. The van der Waals surface area contributed by atoms with Gasteiger partial charge in [-0.15, -0.1) is 0 Å².